The standard InChI is InChI=1S/C14H18N2O3/c1-2-3-8-13(17)15-10-9-14-16(18)11-6-4-5-7-12(11)19-14/h4-7H,2-3,8-10H2,1H3,(H,15,17). The van der Waals surface area contributed by atoms with E-state index in [9.17, 15) is 10.0 Å². The molecule has 1 aromatic heterocycles. The van der Waals surface area contributed by atoms with E-state index in [2.05, 4.69) is 5.32 Å². The van der Waals surface area contributed by atoms with E-state index >= 15 is 0 Å². The van der Waals surface area contributed by atoms with E-state index in [4.69, 9.17) is 4.42 Å². The van der Waals surface area contributed by atoms with Crippen molar-refractivity contribution in [3.63, 3.8) is 0 Å². The molecule has 0 bridgehead atoms. The molecule has 0 spiro atoms. The lowest BCUT2D eigenvalue weighted by Gasteiger charge is -2.02. The lowest BCUT2D eigenvalue weighted by atomic mass is 10.2. The fourth-order valence-corrected chi connectivity index (χ4v) is 1.90. The minimum atomic E-state index is 0.0235. The summed E-state index contributed by atoms with van der Waals surface area (Å²) >= 11 is 0. The molecule has 2 aromatic rings. The molecule has 5 nitrogen and oxygen atoms in total. The van der Waals surface area contributed by atoms with Gasteiger partial charge in [-0.25, -0.2) is 0 Å². The van der Waals surface area contributed by atoms with Gasteiger partial charge < -0.3 is 14.9 Å². The third-order valence-electron chi connectivity index (χ3n) is 2.96. The molecule has 5 heteroatoms. The highest BCUT2D eigenvalue weighted by Crippen LogP contribution is 2.12. The quantitative estimate of drug-likeness (QED) is 0.638. The lowest BCUT2D eigenvalue weighted by Crippen LogP contribution is -2.33. The van der Waals surface area contributed by atoms with Gasteiger partial charge in [-0.15, -0.1) is 4.73 Å². The smallest absolute Gasteiger partial charge is 0.361 e. The van der Waals surface area contributed by atoms with Crippen molar-refractivity contribution in [3.8, 4) is 0 Å². The van der Waals surface area contributed by atoms with Crippen LogP contribution in [0.5, 0.6) is 0 Å². The van der Waals surface area contributed by atoms with Crippen molar-refractivity contribution in [3.05, 3.63) is 35.4 Å². The zero-order chi connectivity index (χ0) is 13.7. The average Bonchev–Trinajstić information content (AvgIpc) is 2.74. The monoisotopic (exact) mass is 262 g/mol. The van der Waals surface area contributed by atoms with Crippen molar-refractivity contribution in [1.82, 2.24) is 5.32 Å². The molecule has 102 valence electrons. The first-order valence-electron chi connectivity index (χ1n) is 6.59. The molecule has 1 amide bonds. The molecule has 1 aromatic carbocycles. The summed E-state index contributed by atoms with van der Waals surface area (Å²) in [5.74, 6) is 0.354. The second-order valence-electron chi connectivity index (χ2n) is 4.46. The van der Waals surface area contributed by atoms with Gasteiger partial charge in [0, 0.05) is 19.0 Å². The zero-order valence-electron chi connectivity index (χ0n) is 11.0. The maximum absolute atomic E-state index is 11.9. The highest BCUT2D eigenvalue weighted by molar-refractivity contribution is 5.75. The summed E-state index contributed by atoms with van der Waals surface area (Å²) in [6.07, 6.45) is 2.82. The fraction of sp³-hybridized carbons (Fsp3) is 0.429. The van der Waals surface area contributed by atoms with Gasteiger partial charge in [0.2, 0.25) is 11.5 Å². The van der Waals surface area contributed by atoms with Gasteiger partial charge in [-0.05, 0) is 12.5 Å². The minimum absolute atomic E-state index is 0.0235. The second-order valence-corrected chi connectivity index (χ2v) is 4.46. The molecule has 0 aliphatic rings. The van der Waals surface area contributed by atoms with Crippen molar-refractivity contribution in [2.24, 2.45) is 0 Å². The number of oxazole rings is 1. The molecule has 0 saturated carbocycles. The Morgan fingerprint density at radius 1 is 1.42 bits per heavy atom. The van der Waals surface area contributed by atoms with Gasteiger partial charge >= 0.3 is 5.89 Å². The van der Waals surface area contributed by atoms with Gasteiger partial charge in [-0.3, -0.25) is 4.79 Å². The van der Waals surface area contributed by atoms with E-state index in [1.165, 1.54) is 0 Å². The number of aromatic nitrogens is 1. The topological polar surface area (TPSA) is 69.2 Å². The number of benzene rings is 1. The Hall–Kier alpha value is -2.04. The number of hydrogen-bond acceptors (Lipinski definition) is 3. The molecular weight excluding hydrogens is 244 g/mol. The van der Waals surface area contributed by atoms with Crippen LogP contribution < -0.4 is 10.0 Å². The van der Waals surface area contributed by atoms with E-state index in [0.717, 1.165) is 17.6 Å². The molecule has 0 aliphatic carbocycles. The van der Waals surface area contributed by atoms with Crippen molar-refractivity contribution in [1.29, 1.82) is 0 Å². The maximum atomic E-state index is 11.9. The van der Waals surface area contributed by atoms with Gasteiger partial charge in [-0.1, -0.05) is 25.5 Å². The zero-order valence-corrected chi connectivity index (χ0v) is 11.0. The molecule has 0 aliphatic heterocycles. The van der Waals surface area contributed by atoms with Crippen LogP contribution in [0.1, 0.15) is 32.1 Å². The molecular formula is C14H18N2O3. The highest BCUT2D eigenvalue weighted by atomic mass is 16.5. The van der Waals surface area contributed by atoms with Gasteiger partial charge in [0.05, 0.1) is 6.42 Å². The SMILES string of the molecule is CCCCC(=O)NCCc1oc2ccccc2[n+]1[O-]. The number of para-hydroxylation sites is 2. The molecule has 2 rings (SSSR count). The van der Waals surface area contributed by atoms with E-state index in [1.807, 2.05) is 13.0 Å². The van der Waals surface area contributed by atoms with Gasteiger partial charge in [-0.2, -0.15) is 0 Å². The summed E-state index contributed by atoms with van der Waals surface area (Å²) in [6, 6.07) is 7.09. The molecule has 0 fully saturated rings. The molecule has 0 atom stereocenters. The lowest BCUT2D eigenvalue weighted by molar-refractivity contribution is -0.592. The molecule has 19 heavy (non-hydrogen) atoms. The largest absolute Gasteiger partial charge is 0.616 e. The molecule has 0 radical (unpaired) electrons. The first kappa shape index (κ1) is 13.4. The number of carbonyl (C=O) groups excluding carboxylic acids is 1. The molecule has 0 unspecified atom stereocenters. The Morgan fingerprint density at radius 3 is 2.95 bits per heavy atom. The van der Waals surface area contributed by atoms with Crippen LogP contribution in [0.2, 0.25) is 0 Å². The van der Waals surface area contributed by atoms with Crippen molar-refractivity contribution >= 4 is 17.0 Å². The van der Waals surface area contributed by atoms with Crippen LogP contribution in [-0.2, 0) is 11.2 Å². The number of carbonyl (C=O) groups is 1. The predicted molar refractivity (Wildman–Crippen MR) is 71.4 cm³/mol. The van der Waals surface area contributed by atoms with E-state index in [-0.39, 0.29) is 5.91 Å². The predicted octanol–water partition coefficient (Wildman–Crippen LogP) is 1.92. The van der Waals surface area contributed by atoms with Crippen molar-refractivity contribution in [2.45, 2.75) is 32.6 Å². The Morgan fingerprint density at radius 2 is 2.21 bits per heavy atom. The van der Waals surface area contributed by atoms with Gasteiger partial charge in [0.1, 0.15) is 0 Å². The van der Waals surface area contributed by atoms with E-state index < -0.39 is 0 Å². The van der Waals surface area contributed by atoms with Crippen LogP contribution in [-0.4, -0.2) is 12.5 Å². The Kier molecular flexibility index (Phi) is 4.39. The molecule has 1 heterocycles. The number of nitrogens with one attached hydrogen (secondary N) is 1. The van der Waals surface area contributed by atoms with Crippen LogP contribution in [0.3, 0.4) is 0 Å². The highest BCUT2D eigenvalue weighted by Gasteiger charge is 2.16. The molecule has 0 saturated heterocycles. The third kappa shape index (κ3) is 3.24. The summed E-state index contributed by atoms with van der Waals surface area (Å²) < 4.78 is 6.25. The number of fused-ring (bicyclic) bond motifs is 1. The Labute approximate surface area is 111 Å². The van der Waals surface area contributed by atoms with Crippen LogP contribution in [0.25, 0.3) is 11.1 Å². The normalized spacial score (nSPS) is 10.8. The number of rotatable bonds is 6. The first-order chi connectivity index (χ1) is 9.22. The molecule has 1 N–H and O–H groups in total. The minimum Gasteiger partial charge on any atom is -0.616 e. The Balaban J connectivity index is 1.91. The van der Waals surface area contributed by atoms with Gasteiger partial charge in [0.15, 0.2) is 0 Å². The van der Waals surface area contributed by atoms with Crippen molar-refractivity contribution < 1.29 is 13.9 Å². The summed E-state index contributed by atoms with van der Waals surface area (Å²) in [4.78, 5) is 11.4. The van der Waals surface area contributed by atoms with Gasteiger partial charge in [0.25, 0.3) is 5.52 Å². The maximum Gasteiger partial charge on any atom is 0.361 e. The first-order valence-corrected chi connectivity index (χ1v) is 6.59. The number of hydrogen-bond donors (Lipinski definition) is 1. The van der Waals surface area contributed by atoms with Crippen LogP contribution in [0, 0.1) is 5.21 Å². The van der Waals surface area contributed by atoms with E-state index in [0.29, 0.717) is 36.4 Å². The third-order valence-corrected chi connectivity index (χ3v) is 2.96. The van der Waals surface area contributed by atoms with Crippen LogP contribution >= 0.6 is 0 Å². The van der Waals surface area contributed by atoms with Crippen LogP contribution in [0.15, 0.2) is 28.7 Å². The Bertz CT molecular complexity index is 563. The summed E-state index contributed by atoms with van der Waals surface area (Å²) in [5, 5.41) is 14.7. The van der Waals surface area contributed by atoms with Crippen LogP contribution in [0.4, 0.5) is 0 Å². The number of unbranched alkanes of at least 4 members (excludes halogenated alkanes) is 1. The summed E-state index contributed by atoms with van der Waals surface area (Å²) in [5.41, 5.74) is 1.10. The van der Waals surface area contributed by atoms with E-state index in [1.54, 1.807) is 18.2 Å². The fourth-order valence-electron chi connectivity index (χ4n) is 1.90. The van der Waals surface area contributed by atoms with Crippen molar-refractivity contribution in [2.75, 3.05) is 6.54 Å². The number of amides is 1. The number of nitrogens with zero attached hydrogens (tertiary/aromatic N) is 1. The summed E-state index contributed by atoms with van der Waals surface area (Å²) in [7, 11) is 0. The second kappa shape index (κ2) is 6.22. The average molecular weight is 262 g/mol. The summed E-state index contributed by atoms with van der Waals surface area (Å²) in [6.45, 7) is 2.46.